The van der Waals surface area contributed by atoms with Crippen LogP contribution in [0.1, 0.15) is 5.56 Å². The molecule has 20 heavy (non-hydrogen) atoms. The summed E-state index contributed by atoms with van der Waals surface area (Å²) in [7, 11) is 0. The predicted molar refractivity (Wildman–Crippen MR) is 77.6 cm³/mol. The van der Waals surface area contributed by atoms with E-state index in [9.17, 15) is 5.26 Å². The van der Waals surface area contributed by atoms with Gasteiger partial charge in [-0.25, -0.2) is 0 Å². The van der Waals surface area contributed by atoms with Crippen LogP contribution in [0.5, 0.6) is 0 Å². The first-order valence-electron chi connectivity index (χ1n) is 6.24. The number of nitrogens with zero attached hydrogens (tertiary/aromatic N) is 3. The number of pyridine rings is 2. The van der Waals surface area contributed by atoms with Crippen molar-refractivity contribution in [1.29, 1.82) is 5.26 Å². The van der Waals surface area contributed by atoms with Crippen molar-refractivity contribution in [3.63, 3.8) is 0 Å². The summed E-state index contributed by atoms with van der Waals surface area (Å²) in [6, 6.07) is 15.8. The van der Waals surface area contributed by atoms with Crippen molar-refractivity contribution >= 4 is 0 Å². The fourth-order valence-corrected chi connectivity index (χ4v) is 2.20. The minimum absolute atomic E-state index is 0.647. The zero-order chi connectivity index (χ0) is 13.8. The molecule has 0 atom stereocenters. The van der Waals surface area contributed by atoms with Gasteiger partial charge in [-0.3, -0.25) is 9.97 Å². The largest absolute Gasteiger partial charge is 0.264 e. The van der Waals surface area contributed by atoms with Gasteiger partial charge in [0.05, 0.1) is 5.56 Å². The summed E-state index contributed by atoms with van der Waals surface area (Å²) in [5.41, 5.74) is 4.31. The van der Waals surface area contributed by atoms with E-state index in [0.29, 0.717) is 5.56 Å². The highest BCUT2D eigenvalue weighted by atomic mass is 14.6. The van der Waals surface area contributed by atoms with Crippen molar-refractivity contribution < 1.29 is 0 Å². The maximum Gasteiger partial charge on any atom is 0.100 e. The Balaban J connectivity index is 2.22. The number of rotatable bonds is 2. The van der Waals surface area contributed by atoms with Crippen LogP contribution in [0.3, 0.4) is 0 Å². The SMILES string of the molecule is N#Cc1c(-c2cccnc2)cccc1-c1cccnc1. The molecule has 0 radical (unpaired) electrons. The van der Waals surface area contributed by atoms with E-state index >= 15 is 0 Å². The Morgan fingerprint density at radius 3 is 1.70 bits per heavy atom. The summed E-state index contributed by atoms with van der Waals surface area (Å²) in [5.74, 6) is 0. The Morgan fingerprint density at radius 2 is 1.30 bits per heavy atom. The summed E-state index contributed by atoms with van der Waals surface area (Å²) >= 11 is 0. The van der Waals surface area contributed by atoms with Gasteiger partial charge in [-0.15, -0.1) is 0 Å². The standard InChI is InChI=1S/C17H11N3/c18-10-17-15(13-4-2-8-19-11-13)6-1-7-16(17)14-5-3-9-20-12-14/h1-9,11-12H. The van der Waals surface area contributed by atoms with Gasteiger partial charge in [-0.1, -0.05) is 30.3 Å². The Morgan fingerprint density at radius 1 is 0.750 bits per heavy atom. The van der Waals surface area contributed by atoms with Crippen molar-refractivity contribution in [1.82, 2.24) is 9.97 Å². The first-order chi connectivity index (χ1) is 9.90. The van der Waals surface area contributed by atoms with Gasteiger partial charge >= 0.3 is 0 Å². The maximum atomic E-state index is 9.53. The maximum absolute atomic E-state index is 9.53. The molecule has 3 nitrogen and oxygen atoms in total. The van der Waals surface area contributed by atoms with E-state index in [1.807, 2.05) is 42.5 Å². The predicted octanol–water partition coefficient (Wildman–Crippen LogP) is 3.68. The van der Waals surface area contributed by atoms with Gasteiger partial charge in [0, 0.05) is 47.0 Å². The summed E-state index contributed by atoms with van der Waals surface area (Å²) in [4.78, 5) is 8.23. The Kier molecular flexibility index (Phi) is 3.22. The highest BCUT2D eigenvalue weighted by Crippen LogP contribution is 2.30. The molecule has 2 heterocycles. The monoisotopic (exact) mass is 257 g/mol. The van der Waals surface area contributed by atoms with E-state index < -0.39 is 0 Å². The number of benzene rings is 1. The van der Waals surface area contributed by atoms with Gasteiger partial charge in [0.2, 0.25) is 0 Å². The molecule has 0 saturated carbocycles. The van der Waals surface area contributed by atoms with E-state index in [0.717, 1.165) is 22.3 Å². The third-order valence-electron chi connectivity index (χ3n) is 3.12. The molecule has 0 N–H and O–H groups in total. The Labute approximate surface area is 117 Å². The van der Waals surface area contributed by atoms with Gasteiger partial charge in [0.1, 0.15) is 6.07 Å². The number of hydrogen-bond acceptors (Lipinski definition) is 3. The third kappa shape index (κ3) is 2.15. The summed E-state index contributed by atoms with van der Waals surface area (Å²) in [6.07, 6.45) is 6.98. The van der Waals surface area contributed by atoms with Crippen LogP contribution in [0.4, 0.5) is 0 Å². The van der Waals surface area contributed by atoms with Crippen LogP contribution in [-0.2, 0) is 0 Å². The van der Waals surface area contributed by atoms with Gasteiger partial charge < -0.3 is 0 Å². The third-order valence-corrected chi connectivity index (χ3v) is 3.12. The van der Waals surface area contributed by atoms with Gasteiger partial charge in [-0.2, -0.15) is 5.26 Å². The Bertz CT molecular complexity index is 701. The molecule has 0 aliphatic heterocycles. The molecular weight excluding hydrogens is 246 g/mol. The Hall–Kier alpha value is -2.99. The lowest BCUT2D eigenvalue weighted by Crippen LogP contribution is -1.90. The fourth-order valence-electron chi connectivity index (χ4n) is 2.20. The van der Waals surface area contributed by atoms with E-state index in [1.165, 1.54) is 0 Å². The van der Waals surface area contributed by atoms with Crippen molar-refractivity contribution in [2.24, 2.45) is 0 Å². The molecule has 1 aromatic carbocycles. The van der Waals surface area contributed by atoms with E-state index in [1.54, 1.807) is 24.8 Å². The average molecular weight is 257 g/mol. The van der Waals surface area contributed by atoms with E-state index in [-0.39, 0.29) is 0 Å². The van der Waals surface area contributed by atoms with Crippen LogP contribution in [0.15, 0.2) is 67.3 Å². The molecule has 2 aromatic heterocycles. The van der Waals surface area contributed by atoms with Crippen LogP contribution in [0.2, 0.25) is 0 Å². The minimum Gasteiger partial charge on any atom is -0.264 e. The molecule has 0 amide bonds. The number of nitriles is 1. The zero-order valence-electron chi connectivity index (χ0n) is 10.7. The molecule has 0 aliphatic rings. The van der Waals surface area contributed by atoms with Crippen molar-refractivity contribution in [3.05, 3.63) is 72.8 Å². The van der Waals surface area contributed by atoms with E-state index in [4.69, 9.17) is 0 Å². The highest BCUT2D eigenvalue weighted by molar-refractivity contribution is 5.81. The fraction of sp³-hybridized carbons (Fsp3) is 0. The molecule has 0 spiro atoms. The molecule has 0 fully saturated rings. The van der Waals surface area contributed by atoms with Crippen LogP contribution in [0, 0.1) is 11.3 Å². The second kappa shape index (κ2) is 5.33. The summed E-state index contributed by atoms with van der Waals surface area (Å²) < 4.78 is 0. The lowest BCUT2D eigenvalue weighted by Gasteiger charge is -2.09. The molecule has 94 valence electrons. The van der Waals surface area contributed by atoms with Crippen molar-refractivity contribution in [3.8, 4) is 28.3 Å². The number of hydrogen-bond donors (Lipinski definition) is 0. The lowest BCUT2D eigenvalue weighted by molar-refractivity contribution is 1.32. The molecule has 0 saturated heterocycles. The molecule has 0 bridgehead atoms. The smallest absolute Gasteiger partial charge is 0.100 e. The highest BCUT2D eigenvalue weighted by Gasteiger charge is 2.11. The quantitative estimate of drug-likeness (QED) is 0.703. The van der Waals surface area contributed by atoms with Crippen molar-refractivity contribution in [2.45, 2.75) is 0 Å². The minimum atomic E-state index is 0.647. The lowest BCUT2D eigenvalue weighted by atomic mass is 9.94. The topological polar surface area (TPSA) is 49.6 Å². The molecule has 0 aliphatic carbocycles. The van der Waals surface area contributed by atoms with Gasteiger partial charge in [-0.05, 0) is 12.1 Å². The van der Waals surface area contributed by atoms with Crippen molar-refractivity contribution in [2.75, 3.05) is 0 Å². The zero-order valence-corrected chi connectivity index (χ0v) is 10.7. The first kappa shape index (κ1) is 12.1. The molecule has 0 unspecified atom stereocenters. The summed E-state index contributed by atoms with van der Waals surface area (Å²) in [5, 5.41) is 9.53. The molecular formula is C17H11N3. The molecule has 3 aromatic rings. The second-order valence-corrected chi connectivity index (χ2v) is 4.32. The molecule has 3 heteroatoms. The van der Waals surface area contributed by atoms with Crippen LogP contribution in [0.25, 0.3) is 22.3 Å². The van der Waals surface area contributed by atoms with Gasteiger partial charge in [0.25, 0.3) is 0 Å². The molecule has 3 rings (SSSR count). The summed E-state index contributed by atoms with van der Waals surface area (Å²) in [6.45, 7) is 0. The van der Waals surface area contributed by atoms with Crippen LogP contribution >= 0.6 is 0 Å². The van der Waals surface area contributed by atoms with E-state index in [2.05, 4.69) is 16.0 Å². The second-order valence-electron chi connectivity index (χ2n) is 4.32. The van der Waals surface area contributed by atoms with Crippen LogP contribution in [-0.4, -0.2) is 9.97 Å². The van der Waals surface area contributed by atoms with Gasteiger partial charge in [0.15, 0.2) is 0 Å². The van der Waals surface area contributed by atoms with Crippen LogP contribution < -0.4 is 0 Å². The normalized spacial score (nSPS) is 9.95. The number of aromatic nitrogens is 2. The first-order valence-corrected chi connectivity index (χ1v) is 6.24. The average Bonchev–Trinajstić information content (AvgIpc) is 2.55.